The Balaban J connectivity index is 2.62. The first-order valence-electron chi connectivity index (χ1n) is 5.62. The van der Waals surface area contributed by atoms with Crippen molar-refractivity contribution in [2.75, 3.05) is 20.7 Å². The van der Waals surface area contributed by atoms with E-state index in [1.54, 1.807) is 30.2 Å². The minimum atomic E-state index is -0.411. The zero-order chi connectivity index (χ0) is 13.5. The zero-order valence-electron chi connectivity index (χ0n) is 10.9. The Morgan fingerprint density at radius 2 is 2.39 bits per heavy atom. The van der Waals surface area contributed by atoms with Gasteiger partial charge in [-0.3, -0.25) is 4.79 Å². The molecule has 0 bridgehead atoms. The van der Waals surface area contributed by atoms with Crippen LogP contribution in [-0.4, -0.2) is 37.6 Å². The predicted octanol–water partition coefficient (Wildman–Crippen LogP) is 1.05. The van der Waals surface area contributed by atoms with Crippen molar-refractivity contribution in [2.45, 2.75) is 19.6 Å². The highest BCUT2D eigenvalue weighted by molar-refractivity contribution is 7.10. The van der Waals surface area contributed by atoms with Gasteiger partial charge in [0, 0.05) is 30.0 Å². The van der Waals surface area contributed by atoms with E-state index >= 15 is 0 Å². The lowest BCUT2D eigenvalue weighted by molar-refractivity contribution is -0.140. The molecule has 1 aromatic heterocycles. The van der Waals surface area contributed by atoms with Crippen LogP contribution in [0.4, 0.5) is 0 Å². The Bertz CT molecular complexity index is 459. The minimum Gasteiger partial charge on any atom is -0.372 e. The van der Waals surface area contributed by atoms with Gasteiger partial charge in [0.25, 0.3) is 5.91 Å². The molecule has 1 heterocycles. The Hall–Kier alpha value is -1.35. The summed E-state index contributed by atoms with van der Waals surface area (Å²) in [5, 5.41) is 1.97. The second-order valence-corrected chi connectivity index (χ2v) is 4.88. The molecule has 1 atom stereocenters. The summed E-state index contributed by atoms with van der Waals surface area (Å²) in [5.74, 6) is 5.75. The molecule has 1 rings (SSSR count). The van der Waals surface area contributed by atoms with E-state index in [1.165, 1.54) is 7.11 Å². The van der Waals surface area contributed by atoms with Gasteiger partial charge >= 0.3 is 0 Å². The number of rotatable bonds is 4. The first-order chi connectivity index (χ1) is 8.58. The van der Waals surface area contributed by atoms with Crippen LogP contribution in [0, 0.1) is 11.8 Å². The third-order valence-corrected chi connectivity index (χ3v) is 3.38. The van der Waals surface area contributed by atoms with E-state index in [4.69, 9.17) is 10.5 Å². The summed E-state index contributed by atoms with van der Waals surface area (Å²) in [6.45, 7) is 2.67. The Kier molecular flexibility index (Phi) is 5.86. The zero-order valence-corrected chi connectivity index (χ0v) is 11.7. The van der Waals surface area contributed by atoms with Gasteiger partial charge in [0.05, 0.1) is 13.1 Å². The van der Waals surface area contributed by atoms with Crippen molar-refractivity contribution in [3.8, 4) is 11.8 Å². The number of nitrogens with two attached hydrogens (primary N) is 1. The molecular formula is C13H18N2O2S. The molecule has 0 saturated heterocycles. The van der Waals surface area contributed by atoms with Crippen LogP contribution >= 0.6 is 11.3 Å². The lowest BCUT2D eigenvalue weighted by atomic mass is 10.3. The fourth-order valence-corrected chi connectivity index (χ4v) is 2.27. The highest BCUT2D eigenvalue weighted by Crippen LogP contribution is 2.16. The topological polar surface area (TPSA) is 55.6 Å². The van der Waals surface area contributed by atoms with Crippen LogP contribution in [-0.2, 0) is 16.1 Å². The Morgan fingerprint density at radius 1 is 1.67 bits per heavy atom. The number of methoxy groups -OCH3 is 1. The molecule has 0 aromatic carbocycles. The van der Waals surface area contributed by atoms with E-state index in [-0.39, 0.29) is 5.91 Å². The van der Waals surface area contributed by atoms with Gasteiger partial charge in [-0.05, 0) is 13.0 Å². The smallest absolute Gasteiger partial charge is 0.251 e. The van der Waals surface area contributed by atoms with Crippen molar-refractivity contribution in [3.05, 3.63) is 21.9 Å². The lowest BCUT2D eigenvalue weighted by Gasteiger charge is -2.19. The number of hydrogen-bond acceptors (Lipinski definition) is 4. The van der Waals surface area contributed by atoms with Crippen LogP contribution < -0.4 is 5.73 Å². The van der Waals surface area contributed by atoms with Gasteiger partial charge < -0.3 is 15.4 Å². The molecule has 4 nitrogen and oxygen atoms in total. The van der Waals surface area contributed by atoms with Gasteiger partial charge in [-0.2, -0.15) is 0 Å². The molecule has 1 unspecified atom stereocenters. The average molecular weight is 266 g/mol. The normalized spacial score (nSPS) is 11.6. The Labute approximate surface area is 112 Å². The number of thiophene rings is 1. The molecular weight excluding hydrogens is 248 g/mol. The van der Waals surface area contributed by atoms with Crippen molar-refractivity contribution < 1.29 is 9.53 Å². The van der Waals surface area contributed by atoms with E-state index in [1.807, 2.05) is 11.4 Å². The van der Waals surface area contributed by atoms with Crippen LogP contribution in [0.25, 0.3) is 0 Å². The van der Waals surface area contributed by atoms with Crippen LogP contribution in [0.3, 0.4) is 0 Å². The minimum absolute atomic E-state index is 0.0273. The average Bonchev–Trinajstić information content (AvgIpc) is 2.81. The quantitative estimate of drug-likeness (QED) is 0.829. The highest BCUT2D eigenvalue weighted by atomic mass is 32.1. The summed E-state index contributed by atoms with van der Waals surface area (Å²) >= 11 is 1.59. The van der Waals surface area contributed by atoms with Gasteiger partial charge in [-0.25, -0.2) is 0 Å². The number of carbonyl (C=O) groups is 1. The van der Waals surface area contributed by atoms with Crippen molar-refractivity contribution in [1.82, 2.24) is 4.90 Å². The third kappa shape index (κ3) is 4.15. The maximum Gasteiger partial charge on any atom is 0.251 e. The number of hydrogen-bond donors (Lipinski definition) is 1. The summed E-state index contributed by atoms with van der Waals surface area (Å²) in [6, 6.07) is 1.98. The van der Waals surface area contributed by atoms with Crippen LogP contribution in [0.15, 0.2) is 11.4 Å². The van der Waals surface area contributed by atoms with Crippen molar-refractivity contribution in [2.24, 2.45) is 5.73 Å². The van der Waals surface area contributed by atoms with Gasteiger partial charge in [0.1, 0.15) is 6.10 Å². The number of amides is 1. The maximum atomic E-state index is 11.8. The second kappa shape index (κ2) is 7.17. The molecule has 0 aliphatic heterocycles. The molecule has 1 aromatic rings. The van der Waals surface area contributed by atoms with Crippen LogP contribution in [0.1, 0.15) is 17.4 Å². The van der Waals surface area contributed by atoms with Gasteiger partial charge in [-0.1, -0.05) is 11.8 Å². The molecule has 0 radical (unpaired) electrons. The monoisotopic (exact) mass is 266 g/mol. The molecule has 0 aliphatic carbocycles. The molecule has 98 valence electrons. The molecule has 2 N–H and O–H groups in total. The van der Waals surface area contributed by atoms with Gasteiger partial charge in [0.2, 0.25) is 0 Å². The predicted molar refractivity (Wildman–Crippen MR) is 73.2 cm³/mol. The first-order valence-corrected chi connectivity index (χ1v) is 6.50. The molecule has 0 saturated carbocycles. The fraction of sp³-hybridized carbons (Fsp3) is 0.462. The van der Waals surface area contributed by atoms with Crippen LogP contribution in [0.2, 0.25) is 0 Å². The van der Waals surface area contributed by atoms with E-state index in [0.717, 1.165) is 10.4 Å². The van der Waals surface area contributed by atoms with E-state index < -0.39 is 6.10 Å². The number of nitrogens with zero attached hydrogens (tertiary/aromatic N) is 1. The van der Waals surface area contributed by atoms with E-state index in [9.17, 15) is 4.79 Å². The lowest BCUT2D eigenvalue weighted by Crippen LogP contribution is -2.35. The fourth-order valence-electron chi connectivity index (χ4n) is 1.41. The largest absolute Gasteiger partial charge is 0.372 e. The van der Waals surface area contributed by atoms with Gasteiger partial charge in [0.15, 0.2) is 0 Å². The standard InChI is InChI=1S/C13H18N2O2S/c1-10(17-3)13(16)15(2)8-12-7-11(9-18-12)5-4-6-14/h7,9-10H,6,8,14H2,1-3H3. The molecule has 0 fully saturated rings. The summed E-state index contributed by atoms with van der Waals surface area (Å²) in [5.41, 5.74) is 6.26. The Morgan fingerprint density at radius 3 is 3.00 bits per heavy atom. The third-order valence-electron chi connectivity index (χ3n) is 2.46. The summed E-state index contributed by atoms with van der Waals surface area (Å²) in [7, 11) is 3.30. The first kappa shape index (κ1) is 14.7. The molecule has 18 heavy (non-hydrogen) atoms. The van der Waals surface area contributed by atoms with Crippen LogP contribution in [0.5, 0.6) is 0 Å². The molecule has 1 amide bonds. The second-order valence-electron chi connectivity index (χ2n) is 3.88. The highest BCUT2D eigenvalue weighted by Gasteiger charge is 2.17. The maximum absolute atomic E-state index is 11.8. The summed E-state index contributed by atoms with van der Waals surface area (Å²) in [4.78, 5) is 14.6. The number of likely N-dealkylation sites (N-methyl/N-ethyl adjacent to an activating group) is 1. The molecule has 0 spiro atoms. The van der Waals surface area contributed by atoms with E-state index in [0.29, 0.717) is 13.1 Å². The number of ether oxygens (including phenoxy) is 1. The molecule has 0 aliphatic rings. The van der Waals surface area contributed by atoms with E-state index in [2.05, 4.69) is 11.8 Å². The summed E-state index contributed by atoms with van der Waals surface area (Å²) in [6.07, 6.45) is -0.411. The van der Waals surface area contributed by atoms with Crippen molar-refractivity contribution in [3.63, 3.8) is 0 Å². The van der Waals surface area contributed by atoms with Crippen molar-refractivity contribution in [1.29, 1.82) is 0 Å². The molecule has 5 heteroatoms. The van der Waals surface area contributed by atoms with Gasteiger partial charge in [-0.15, -0.1) is 11.3 Å². The number of carbonyl (C=O) groups excluding carboxylic acids is 1. The SMILES string of the molecule is COC(C)C(=O)N(C)Cc1cc(C#CCN)cs1. The van der Waals surface area contributed by atoms with Crippen molar-refractivity contribution >= 4 is 17.2 Å². The summed E-state index contributed by atoms with van der Waals surface area (Å²) < 4.78 is 5.01.